The van der Waals surface area contributed by atoms with Crippen molar-refractivity contribution in [1.29, 1.82) is 0 Å². The number of piperidine rings is 1. The van der Waals surface area contributed by atoms with Crippen molar-refractivity contribution in [2.45, 2.75) is 45.1 Å². The van der Waals surface area contributed by atoms with Crippen LogP contribution >= 0.6 is 0 Å². The lowest BCUT2D eigenvalue weighted by Gasteiger charge is -2.36. The van der Waals surface area contributed by atoms with Gasteiger partial charge < -0.3 is 15.0 Å². The van der Waals surface area contributed by atoms with E-state index in [0.29, 0.717) is 25.2 Å². The number of rotatable bonds is 6. The maximum atomic E-state index is 12.9. The molecule has 0 aliphatic carbocycles. The summed E-state index contributed by atoms with van der Waals surface area (Å²) in [5, 5.41) is 7.65. The number of nitrogens with one attached hydrogen (secondary N) is 1. The Morgan fingerprint density at radius 3 is 2.66 bits per heavy atom. The number of para-hydroxylation sites is 1. The van der Waals surface area contributed by atoms with Crippen LogP contribution in [0.5, 0.6) is 0 Å². The van der Waals surface area contributed by atoms with Crippen LogP contribution in [0.1, 0.15) is 55.6 Å². The maximum Gasteiger partial charge on any atom is 0.254 e. The molecule has 1 aromatic carbocycles. The van der Waals surface area contributed by atoms with E-state index in [9.17, 15) is 9.59 Å². The first-order chi connectivity index (χ1) is 13.9. The molecular weight excluding hydrogens is 368 g/mol. The van der Waals surface area contributed by atoms with Crippen LogP contribution in [0.15, 0.2) is 36.5 Å². The molecule has 0 spiro atoms. The monoisotopic (exact) mass is 398 g/mol. The molecule has 156 valence electrons. The Kier molecular flexibility index (Phi) is 6.37. The number of carbonyl (C=O) groups is 2. The largest absolute Gasteiger partial charge is 0.369 e. The molecule has 1 fully saturated rings. The molecule has 0 unspecified atom stereocenters. The maximum absolute atomic E-state index is 12.9. The van der Waals surface area contributed by atoms with Crippen molar-refractivity contribution in [3.63, 3.8) is 0 Å². The highest BCUT2D eigenvalue weighted by Gasteiger charge is 2.36. The quantitative estimate of drug-likeness (QED) is 0.812. The van der Waals surface area contributed by atoms with Gasteiger partial charge in [0.25, 0.3) is 11.8 Å². The molecule has 0 radical (unpaired) electrons. The Balaban J connectivity index is 1.92. The molecular formula is C22H30N4O3. The first kappa shape index (κ1) is 21.0. The molecule has 1 aliphatic heterocycles. The van der Waals surface area contributed by atoms with Crippen molar-refractivity contribution < 1.29 is 14.3 Å². The van der Waals surface area contributed by atoms with Crippen molar-refractivity contribution >= 4 is 11.8 Å². The number of ether oxygens (including phenoxy) is 1. The van der Waals surface area contributed by atoms with Gasteiger partial charge in [0.05, 0.1) is 16.9 Å². The molecule has 7 heteroatoms. The van der Waals surface area contributed by atoms with Crippen LogP contribution < -0.4 is 5.32 Å². The summed E-state index contributed by atoms with van der Waals surface area (Å²) in [6.07, 6.45) is 3.54. The van der Waals surface area contributed by atoms with Gasteiger partial charge in [0, 0.05) is 38.9 Å². The van der Waals surface area contributed by atoms with Crippen molar-refractivity contribution in [3.05, 3.63) is 47.8 Å². The minimum absolute atomic E-state index is 0.00271. The van der Waals surface area contributed by atoms with E-state index in [1.165, 1.54) is 0 Å². The van der Waals surface area contributed by atoms with Gasteiger partial charge in [0.2, 0.25) is 0 Å². The average Bonchev–Trinajstić information content (AvgIpc) is 3.20. The molecule has 1 aliphatic rings. The molecule has 1 aromatic heterocycles. The number of methoxy groups -OCH3 is 1. The second-order valence-electron chi connectivity index (χ2n) is 7.87. The van der Waals surface area contributed by atoms with Gasteiger partial charge in [-0.05, 0) is 45.7 Å². The number of nitrogens with zero attached hydrogens (tertiary/aromatic N) is 3. The first-order valence-electron chi connectivity index (χ1n) is 10.1. The van der Waals surface area contributed by atoms with E-state index in [0.717, 1.165) is 24.2 Å². The summed E-state index contributed by atoms with van der Waals surface area (Å²) in [6.45, 7) is 7.23. The van der Waals surface area contributed by atoms with E-state index < -0.39 is 5.60 Å². The third-order valence-electron chi connectivity index (χ3n) is 5.47. The second kappa shape index (κ2) is 8.78. The number of benzene rings is 1. The predicted octanol–water partition coefficient (Wildman–Crippen LogP) is 2.75. The normalized spacial score (nSPS) is 17.2. The molecule has 1 N–H and O–H groups in total. The summed E-state index contributed by atoms with van der Waals surface area (Å²) in [5.41, 5.74) is 1.34. The van der Waals surface area contributed by atoms with Crippen LogP contribution in [0, 0.1) is 0 Å². The van der Waals surface area contributed by atoms with Crippen LogP contribution in [-0.4, -0.2) is 58.8 Å². The third-order valence-corrected chi connectivity index (χ3v) is 5.47. The Hall–Kier alpha value is -2.67. The lowest BCUT2D eigenvalue weighted by Crippen LogP contribution is -2.49. The summed E-state index contributed by atoms with van der Waals surface area (Å²) in [5.74, 6) is -0.167. The third kappa shape index (κ3) is 4.50. The molecule has 1 saturated heterocycles. The number of hydrogen-bond acceptors (Lipinski definition) is 4. The summed E-state index contributed by atoms with van der Waals surface area (Å²) >= 11 is 0. The van der Waals surface area contributed by atoms with Crippen molar-refractivity contribution in [2.24, 2.45) is 0 Å². The summed E-state index contributed by atoms with van der Waals surface area (Å²) in [7, 11) is 1.55. The fourth-order valence-electron chi connectivity index (χ4n) is 3.69. The molecule has 2 amide bonds. The van der Waals surface area contributed by atoms with Crippen molar-refractivity contribution in [3.8, 4) is 5.69 Å². The van der Waals surface area contributed by atoms with Gasteiger partial charge in [0.15, 0.2) is 0 Å². The van der Waals surface area contributed by atoms with E-state index in [-0.39, 0.29) is 17.7 Å². The first-order valence-corrected chi connectivity index (χ1v) is 10.1. The standard InChI is InChI=1S/C22H30N4O3/c1-5-23-20(27)18-15-26(17-11-7-6-8-12-17)24-19(18)16-10-9-13-25(14-16)21(28)22(2,3)29-4/h6-8,11-12,15-16H,5,9-10,13-14H2,1-4H3,(H,23,27)/t16-/m1/s1. The minimum atomic E-state index is -0.867. The number of aromatic nitrogens is 2. The van der Waals surface area contributed by atoms with Gasteiger partial charge in [-0.25, -0.2) is 4.68 Å². The molecule has 2 aromatic rings. The van der Waals surface area contributed by atoms with E-state index in [4.69, 9.17) is 9.84 Å². The van der Waals surface area contributed by atoms with Crippen LogP contribution in [0.2, 0.25) is 0 Å². The predicted molar refractivity (Wildman–Crippen MR) is 111 cm³/mol. The summed E-state index contributed by atoms with van der Waals surface area (Å²) in [4.78, 5) is 27.4. The summed E-state index contributed by atoms with van der Waals surface area (Å²) in [6, 6.07) is 9.74. The Labute approximate surface area is 172 Å². The molecule has 29 heavy (non-hydrogen) atoms. The zero-order chi connectivity index (χ0) is 21.0. The fraction of sp³-hybridized carbons (Fsp3) is 0.500. The van der Waals surface area contributed by atoms with E-state index in [1.807, 2.05) is 42.2 Å². The van der Waals surface area contributed by atoms with E-state index in [2.05, 4.69) is 5.32 Å². The fourth-order valence-corrected chi connectivity index (χ4v) is 3.69. The Bertz CT molecular complexity index is 860. The van der Waals surface area contributed by atoms with Crippen LogP contribution in [0.3, 0.4) is 0 Å². The highest BCUT2D eigenvalue weighted by molar-refractivity contribution is 5.95. The van der Waals surface area contributed by atoms with Gasteiger partial charge in [0.1, 0.15) is 5.60 Å². The number of amides is 2. The van der Waals surface area contributed by atoms with E-state index >= 15 is 0 Å². The molecule has 1 atom stereocenters. The zero-order valence-electron chi connectivity index (χ0n) is 17.6. The van der Waals surface area contributed by atoms with E-state index in [1.54, 1.807) is 31.8 Å². The van der Waals surface area contributed by atoms with Crippen molar-refractivity contribution in [1.82, 2.24) is 20.0 Å². The number of hydrogen-bond donors (Lipinski definition) is 1. The Morgan fingerprint density at radius 2 is 2.00 bits per heavy atom. The molecule has 7 nitrogen and oxygen atoms in total. The molecule has 0 bridgehead atoms. The molecule has 2 heterocycles. The highest BCUT2D eigenvalue weighted by atomic mass is 16.5. The van der Waals surface area contributed by atoms with Gasteiger partial charge in [-0.3, -0.25) is 9.59 Å². The topological polar surface area (TPSA) is 76.5 Å². The molecule has 0 saturated carbocycles. The van der Waals surface area contributed by atoms with Gasteiger partial charge in [-0.15, -0.1) is 0 Å². The second-order valence-corrected chi connectivity index (χ2v) is 7.87. The summed E-state index contributed by atoms with van der Waals surface area (Å²) < 4.78 is 7.12. The van der Waals surface area contributed by atoms with Gasteiger partial charge >= 0.3 is 0 Å². The number of likely N-dealkylation sites (tertiary alicyclic amines) is 1. The zero-order valence-corrected chi connectivity index (χ0v) is 17.6. The average molecular weight is 399 g/mol. The van der Waals surface area contributed by atoms with Gasteiger partial charge in [-0.1, -0.05) is 18.2 Å². The lowest BCUT2D eigenvalue weighted by atomic mass is 9.91. The lowest BCUT2D eigenvalue weighted by molar-refractivity contribution is -0.152. The van der Waals surface area contributed by atoms with Gasteiger partial charge in [-0.2, -0.15) is 5.10 Å². The van der Waals surface area contributed by atoms with Crippen molar-refractivity contribution in [2.75, 3.05) is 26.7 Å². The van der Waals surface area contributed by atoms with Crippen LogP contribution in [-0.2, 0) is 9.53 Å². The van der Waals surface area contributed by atoms with Crippen LogP contribution in [0.25, 0.3) is 5.69 Å². The van der Waals surface area contributed by atoms with Crippen LogP contribution in [0.4, 0.5) is 0 Å². The SMILES string of the molecule is CCNC(=O)c1cn(-c2ccccc2)nc1[C@@H]1CCCN(C(=O)C(C)(C)OC)C1. The highest BCUT2D eigenvalue weighted by Crippen LogP contribution is 2.30. The Morgan fingerprint density at radius 1 is 1.28 bits per heavy atom. The number of carbonyl (C=O) groups excluding carboxylic acids is 2. The smallest absolute Gasteiger partial charge is 0.254 e. The minimum Gasteiger partial charge on any atom is -0.369 e. The molecule has 3 rings (SSSR count).